The predicted molar refractivity (Wildman–Crippen MR) is 110 cm³/mol. The molecule has 0 unspecified atom stereocenters. The summed E-state index contributed by atoms with van der Waals surface area (Å²) in [6.07, 6.45) is 7.25. The molecule has 10 heteroatoms. The largest absolute Gasteiger partial charge is 0.356 e. The van der Waals surface area contributed by atoms with Crippen LogP contribution in [0.5, 0.6) is 0 Å². The van der Waals surface area contributed by atoms with Crippen LogP contribution in [0.25, 0.3) is 5.65 Å². The number of carbonyl (C=O) groups excluding carboxylic acids is 1. The summed E-state index contributed by atoms with van der Waals surface area (Å²) in [5.41, 5.74) is 1.69. The predicted octanol–water partition coefficient (Wildman–Crippen LogP) is 0.320. The van der Waals surface area contributed by atoms with Gasteiger partial charge in [0, 0.05) is 52.5 Å². The molecule has 29 heavy (non-hydrogen) atoms. The lowest BCUT2D eigenvalue weighted by Crippen LogP contribution is -2.55. The van der Waals surface area contributed by atoms with E-state index in [1.807, 2.05) is 46.9 Å². The topological polar surface area (TPSA) is 95.9 Å². The maximum Gasteiger partial charge on any atom is 0.246 e. The molecule has 0 spiro atoms. The molecule has 10 nitrogen and oxygen atoms in total. The molecule has 1 fully saturated rings. The number of rotatable bonds is 5. The first-order valence-corrected chi connectivity index (χ1v) is 9.69. The number of piperazine rings is 1. The van der Waals surface area contributed by atoms with E-state index in [4.69, 9.17) is 0 Å². The zero-order valence-electron chi connectivity index (χ0n) is 16.7. The first kappa shape index (κ1) is 18.9. The number of amides is 1. The fourth-order valence-electron chi connectivity index (χ4n) is 3.52. The van der Waals surface area contributed by atoms with Gasteiger partial charge in [-0.15, -0.1) is 10.2 Å². The molecule has 3 aromatic rings. The number of carbonyl (C=O) groups is 1. The fourth-order valence-corrected chi connectivity index (χ4v) is 3.52. The Bertz CT molecular complexity index is 1020. The van der Waals surface area contributed by atoms with E-state index in [9.17, 15) is 4.79 Å². The molecule has 4 rings (SSSR count). The highest BCUT2D eigenvalue weighted by Crippen LogP contribution is 2.16. The molecule has 0 atom stereocenters. The van der Waals surface area contributed by atoms with Gasteiger partial charge in [0.25, 0.3) is 0 Å². The minimum atomic E-state index is 0.0436. The second kappa shape index (κ2) is 8.29. The Morgan fingerprint density at radius 1 is 1.28 bits per heavy atom. The molecule has 0 radical (unpaired) electrons. The second-order valence-corrected chi connectivity index (χ2v) is 6.96. The van der Waals surface area contributed by atoms with E-state index in [1.165, 1.54) is 0 Å². The summed E-state index contributed by atoms with van der Waals surface area (Å²) in [4.78, 5) is 20.7. The summed E-state index contributed by atoms with van der Waals surface area (Å²) in [6, 6.07) is 5.87. The monoisotopic (exact) mass is 395 g/mol. The standard InChI is InChI=1S/C19H25N9O/c1-20-19(21-8-5-7-17-24-23-16-6-3-4-9-28(16)17)26-10-11-27(18(29)14-26)15-12-22-25(2)13-15/h3-4,6,9,12-13H,5,7-8,10-11,14H2,1-2H3,(H,20,21). The highest BCUT2D eigenvalue weighted by molar-refractivity contribution is 5.98. The van der Waals surface area contributed by atoms with Crippen LogP contribution in [0.2, 0.25) is 0 Å². The summed E-state index contributed by atoms with van der Waals surface area (Å²) >= 11 is 0. The Balaban J connectivity index is 1.28. The van der Waals surface area contributed by atoms with E-state index in [1.54, 1.807) is 22.8 Å². The molecule has 0 saturated carbocycles. The molecule has 3 aromatic heterocycles. The van der Waals surface area contributed by atoms with Gasteiger partial charge in [0.05, 0.1) is 11.9 Å². The Kier molecular flexibility index (Phi) is 5.41. The van der Waals surface area contributed by atoms with Gasteiger partial charge in [-0.05, 0) is 18.6 Å². The SMILES string of the molecule is CN=C(NCCCc1nnc2ccccn12)N1CCN(c2cnn(C)c2)C(=O)C1. The molecular formula is C19H25N9O. The Morgan fingerprint density at radius 2 is 2.17 bits per heavy atom. The smallest absolute Gasteiger partial charge is 0.246 e. The number of guanidine groups is 1. The van der Waals surface area contributed by atoms with Crippen LogP contribution in [0.1, 0.15) is 12.2 Å². The number of pyridine rings is 1. The van der Waals surface area contributed by atoms with Gasteiger partial charge >= 0.3 is 0 Å². The Labute approximate surface area is 168 Å². The average Bonchev–Trinajstić information content (AvgIpc) is 3.34. The lowest BCUT2D eigenvalue weighted by atomic mass is 10.3. The van der Waals surface area contributed by atoms with E-state index in [-0.39, 0.29) is 5.91 Å². The number of fused-ring (bicyclic) bond motifs is 1. The molecule has 1 aliphatic heterocycles. The van der Waals surface area contributed by atoms with Gasteiger partial charge in [0.15, 0.2) is 11.6 Å². The number of hydrogen-bond acceptors (Lipinski definition) is 5. The van der Waals surface area contributed by atoms with Gasteiger partial charge in [0.1, 0.15) is 12.4 Å². The first-order valence-electron chi connectivity index (χ1n) is 9.69. The first-order chi connectivity index (χ1) is 14.2. The molecule has 0 bridgehead atoms. The van der Waals surface area contributed by atoms with E-state index < -0.39 is 0 Å². The average molecular weight is 395 g/mol. The van der Waals surface area contributed by atoms with Crippen molar-refractivity contribution < 1.29 is 4.79 Å². The summed E-state index contributed by atoms with van der Waals surface area (Å²) in [6.45, 7) is 2.36. The van der Waals surface area contributed by atoms with E-state index in [2.05, 4.69) is 25.6 Å². The van der Waals surface area contributed by atoms with Crippen LogP contribution in [-0.2, 0) is 18.3 Å². The summed E-state index contributed by atoms with van der Waals surface area (Å²) in [5, 5.41) is 15.9. The fraction of sp³-hybridized carbons (Fsp3) is 0.421. The van der Waals surface area contributed by atoms with E-state index in [0.717, 1.165) is 49.0 Å². The molecule has 1 aliphatic rings. The van der Waals surface area contributed by atoms with Crippen LogP contribution in [-0.4, -0.2) is 74.4 Å². The molecule has 0 aromatic carbocycles. The van der Waals surface area contributed by atoms with Crippen LogP contribution >= 0.6 is 0 Å². The van der Waals surface area contributed by atoms with Gasteiger partial charge < -0.3 is 15.1 Å². The van der Waals surface area contributed by atoms with Crippen molar-refractivity contribution in [2.45, 2.75) is 12.8 Å². The van der Waals surface area contributed by atoms with Gasteiger partial charge in [0.2, 0.25) is 5.91 Å². The zero-order valence-corrected chi connectivity index (χ0v) is 16.7. The summed E-state index contributed by atoms with van der Waals surface area (Å²) < 4.78 is 3.71. The van der Waals surface area contributed by atoms with Crippen LogP contribution in [0.4, 0.5) is 5.69 Å². The van der Waals surface area contributed by atoms with Crippen molar-refractivity contribution in [3.63, 3.8) is 0 Å². The van der Waals surface area contributed by atoms with E-state index >= 15 is 0 Å². The van der Waals surface area contributed by atoms with Crippen molar-refractivity contribution in [1.82, 2.24) is 34.6 Å². The van der Waals surface area contributed by atoms with Crippen molar-refractivity contribution in [3.05, 3.63) is 42.6 Å². The van der Waals surface area contributed by atoms with Crippen molar-refractivity contribution >= 4 is 23.2 Å². The minimum Gasteiger partial charge on any atom is -0.356 e. The van der Waals surface area contributed by atoms with Crippen molar-refractivity contribution in [2.75, 3.05) is 38.1 Å². The number of nitrogens with zero attached hydrogens (tertiary/aromatic N) is 8. The van der Waals surface area contributed by atoms with Gasteiger partial charge in [-0.1, -0.05) is 6.07 Å². The van der Waals surface area contributed by atoms with Crippen LogP contribution in [0.3, 0.4) is 0 Å². The molecule has 1 N–H and O–H groups in total. The molecule has 152 valence electrons. The van der Waals surface area contributed by atoms with Gasteiger partial charge in [-0.2, -0.15) is 5.10 Å². The van der Waals surface area contributed by atoms with Crippen LogP contribution < -0.4 is 10.2 Å². The maximum absolute atomic E-state index is 12.6. The molecular weight excluding hydrogens is 370 g/mol. The number of aliphatic imine (C=N–C) groups is 1. The Hall–Kier alpha value is -3.43. The normalized spacial score (nSPS) is 15.4. The lowest BCUT2D eigenvalue weighted by molar-refractivity contribution is -0.120. The number of hydrogen-bond donors (Lipinski definition) is 1. The van der Waals surface area contributed by atoms with Crippen molar-refractivity contribution in [1.29, 1.82) is 0 Å². The minimum absolute atomic E-state index is 0.0436. The van der Waals surface area contributed by atoms with Gasteiger partial charge in [-0.25, -0.2) is 0 Å². The molecule has 0 aliphatic carbocycles. The summed E-state index contributed by atoms with van der Waals surface area (Å²) in [7, 11) is 3.59. The zero-order chi connectivity index (χ0) is 20.2. The Morgan fingerprint density at radius 3 is 2.93 bits per heavy atom. The van der Waals surface area contributed by atoms with Gasteiger partial charge in [-0.3, -0.25) is 18.9 Å². The maximum atomic E-state index is 12.6. The van der Waals surface area contributed by atoms with Crippen LogP contribution in [0, 0.1) is 0 Å². The molecule has 1 saturated heterocycles. The van der Waals surface area contributed by atoms with Crippen LogP contribution in [0.15, 0.2) is 41.8 Å². The third kappa shape index (κ3) is 4.05. The molecule has 4 heterocycles. The quantitative estimate of drug-likeness (QED) is 0.380. The van der Waals surface area contributed by atoms with Crippen molar-refractivity contribution in [2.24, 2.45) is 12.0 Å². The lowest BCUT2D eigenvalue weighted by Gasteiger charge is -2.35. The number of anilines is 1. The third-order valence-electron chi connectivity index (χ3n) is 4.98. The summed E-state index contributed by atoms with van der Waals surface area (Å²) in [5.74, 6) is 1.73. The number of nitrogens with one attached hydrogen (secondary N) is 1. The number of aryl methyl sites for hydroxylation is 2. The third-order valence-corrected chi connectivity index (χ3v) is 4.98. The van der Waals surface area contributed by atoms with Crippen molar-refractivity contribution in [3.8, 4) is 0 Å². The highest BCUT2D eigenvalue weighted by atomic mass is 16.2. The number of aromatic nitrogens is 5. The van der Waals surface area contributed by atoms with E-state index in [0.29, 0.717) is 13.1 Å². The highest BCUT2D eigenvalue weighted by Gasteiger charge is 2.27. The molecule has 1 amide bonds. The second-order valence-electron chi connectivity index (χ2n) is 6.96.